The highest BCUT2D eigenvalue weighted by atomic mass is 19.1. The summed E-state index contributed by atoms with van der Waals surface area (Å²) >= 11 is 0. The number of aromatic nitrogens is 5. The molecule has 22 heavy (non-hydrogen) atoms. The lowest BCUT2D eigenvalue weighted by molar-refractivity contribution is 0.327. The van der Waals surface area contributed by atoms with E-state index < -0.39 is 5.82 Å². The van der Waals surface area contributed by atoms with Gasteiger partial charge in [0.05, 0.1) is 6.61 Å². The highest BCUT2D eigenvalue weighted by Gasteiger charge is 2.17. The standard InChI is InChI=1S/C14H13FN6O/c1-2-22-12-4-3-8(7-17-12)13-10(14-18-20-21-19-14)5-9(16)6-11(13)15/h3-7H,2,16H2,1H3,(H,18,19,20,21). The molecule has 0 radical (unpaired) electrons. The second-order valence-corrected chi connectivity index (χ2v) is 4.49. The Balaban J connectivity index is 2.13. The lowest BCUT2D eigenvalue weighted by Gasteiger charge is -2.10. The lowest BCUT2D eigenvalue weighted by Crippen LogP contribution is -1.97. The van der Waals surface area contributed by atoms with E-state index in [0.717, 1.165) is 0 Å². The van der Waals surface area contributed by atoms with Gasteiger partial charge in [-0.3, -0.25) is 0 Å². The molecule has 0 spiro atoms. The third kappa shape index (κ3) is 2.58. The zero-order chi connectivity index (χ0) is 15.5. The van der Waals surface area contributed by atoms with E-state index in [1.54, 1.807) is 18.2 Å². The molecule has 3 N–H and O–H groups in total. The summed E-state index contributed by atoms with van der Waals surface area (Å²) in [4.78, 5) is 4.15. The highest BCUT2D eigenvalue weighted by Crippen LogP contribution is 2.34. The number of pyridine rings is 1. The number of H-pyrrole nitrogens is 1. The summed E-state index contributed by atoms with van der Waals surface area (Å²) in [6.07, 6.45) is 1.53. The molecule has 0 saturated heterocycles. The Bertz CT molecular complexity index is 773. The number of anilines is 1. The van der Waals surface area contributed by atoms with Crippen LogP contribution in [0, 0.1) is 5.82 Å². The number of ether oxygens (including phenoxy) is 1. The summed E-state index contributed by atoms with van der Waals surface area (Å²) in [7, 11) is 0. The molecule has 0 aliphatic rings. The molecule has 0 unspecified atom stereocenters. The number of nitrogens with zero attached hydrogens (tertiary/aromatic N) is 4. The number of nitrogens with two attached hydrogens (primary N) is 1. The number of benzene rings is 1. The van der Waals surface area contributed by atoms with Crippen LogP contribution in [0.25, 0.3) is 22.5 Å². The van der Waals surface area contributed by atoms with Gasteiger partial charge in [-0.25, -0.2) is 14.5 Å². The number of rotatable bonds is 4. The molecule has 1 aromatic carbocycles. The Morgan fingerprint density at radius 3 is 2.82 bits per heavy atom. The molecule has 0 fully saturated rings. The minimum Gasteiger partial charge on any atom is -0.478 e. The predicted molar refractivity (Wildman–Crippen MR) is 78.4 cm³/mol. The fourth-order valence-corrected chi connectivity index (χ4v) is 2.14. The Labute approximate surface area is 125 Å². The topological polar surface area (TPSA) is 103 Å². The number of halogens is 1. The van der Waals surface area contributed by atoms with Crippen molar-refractivity contribution < 1.29 is 9.13 Å². The molecule has 0 bridgehead atoms. The fraction of sp³-hybridized carbons (Fsp3) is 0.143. The van der Waals surface area contributed by atoms with Gasteiger partial charge >= 0.3 is 0 Å². The quantitative estimate of drug-likeness (QED) is 0.715. The molecule has 8 heteroatoms. The normalized spacial score (nSPS) is 10.6. The lowest BCUT2D eigenvalue weighted by atomic mass is 9.99. The molecular weight excluding hydrogens is 287 g/mol. The monoisotopic (exact) mass is 300 g/mol. The number of hydrogen-bond acceptors (Lipinski definition) is 6. The maximum atomic E-state index is 14.4. The van der Waals surface area contributed by atoms with Crippen LogP contribution in [0.2, 0.25) is 0 Å². The van der Waals surface area contributed by atoms with Gasteiger partial charge in [-0.15, -0.1) is 5.10 Å². The maximum Gasteiger partial charge on any atom is 0.213 e. The van der Waals surface area contributed by atoms with E-state index >= 15 is 0 Å². The second kappa shape index (κ2) is 5.76. The maximum absolute atomic E-state index is 14.4. The molecule has 3 rings (SSSR count). The minimum atomic E-state index is -0.475. The van der Waals surface area contributed by atoms with Crippen LogP contribution in [0.4, 0.5) is 10.1 Å². The molecule has 112 valence electrons. The SMILES string of the molecule is CCOc1ccc(-c2c(F)cc(N)cc2-c2nnn[nH]2)cn1. The molecule has 0 aliphatic heterocycles. The van der Waals surface area contributed by atoms with Crippen molar-refractivity contribution >= 4 is 5.69 Å². The average Bonchev–Trinajstić information content (AvgIpc) is 3.02. The van der Waals surface area contributed by atoms with Gasteiger partial charge in [0, 0.05) is 34.6 Å². The van der Waals surface area contributed by atoms with Gasteiger partial charge < -0.3 is 10.5 Å². The van der Waals surface area contributed by atoms with Crippen molar-refractivity contribution in [2.75, 3.05) is 12.3 Å². The van der Waals surface area contributed by atoms with Gasteiger partial charge in [-0.1, -0.05) is 0 Å². The zero-order valence-corrected chi connectivity index (χ0v) is 11.7. The summed E-state index contributed by atoms with van der Waals surface area (Å²) in [5, 5.41) is 13.5. The van der Waals surface area contributed by atoms with Gasteiger partial charge in [0.25, 0.3) is 0 Å². The second-order valence-electron chi connectivity index (χ2n) is 4.49. The molecule has 0 saturated carbocycles. The number of tetrazole rings is 1. The van der Waals surface area contributed by atoms with Crippen LogP contribution in [0.1, 0.15) is 6.92 Å². The largest absolute Gasteiger partial charge is 0.478 e. The van der Waals surface area contributed by atoms with Gasteiger partial charge in [0.2, 0.25) is 5.88 Å². The number of nitrogens with one attached hydrogen (secondary N) is 1. The van der Waals surface area contributed by atoms with Crippen LogP contribution in [0.3, 0.4) is 0 Å². The van der Waals surface area contributed by atoms with Crippen LogP contribution in [-0.2, 0) is 0 Å². The van der Waals surface area contributed by atoms with Crippen molar-refractivity contribution in [3.63, 3.8) is 0 Å². The van der Waals surface area contributed by atoms with E-state index in [0.29, 0.717) is 35.0 Å². The van der Waals surface area contributed by atoms with E-state index in [1.165, 1.54) is 12.3 Å². The van der Waals surface area contributed by atoms with Crippen molar-refractivity contribution in [1.82, 2.24) is 25.6 Å². The van der Waals surface area contributed by atoms with Crippen molar-refractivity contribution in [3.8, 4) is 28.4 Å². The van der Waals surface area contributed by atoms with Crippen LogP contribution >= 0.6 is 0 Å². The number of nitrogen functional groups attached to an aromatic ring is 1. The Hall–Kier alpha value is -3.03. The Kier molecular flexibility index (Phi) is 3.65. The first kappa shape index (κ1) is 13.9. The van der Waals surface area contributed by atoms with Crippen molar-refractivity contribution in [3.05, 3.63) is 36.3 Å². The van der Waals surface area contributed by atoms with Crippen LogP contribution in [0.15, 0.2) is 30.5 Å². The summed E-state index contributed by atoms with van der Waals surface area (Å²) in [5.41, 5.74) is 7.37. The minimum absolute atomic E-state index is 0.284. The zero-order valence-electron chi connectivity index (χ0n) is 11.7. The first-order valence-corrected chi connectivity index (χ1v) is 6.61. The molecule has 7 nitrogen and oxygen atoms in total. The first-order chi connectivity index (χ1) is 10.7. The van der Waals surface area contributed by atoms with Crippen LogP contribution in [-0.4, -0.2) is 32.2 Å². The van der Waals surface area contributed by atoms with Crippen molar-refractivity contribution in [1.29, 1.82) is 0 Å². The molecule has 0 atom stereocenters. The third-order valence-corrected chi connectivity index (χ3v) is 3.03. The third-order valence-electron chi connectivity index (χ3n) is 3.03. The molecular formula is C14H13FN6O. The summed E-state index contributed by atoms with van der Waals surface area (Å²) in [6.45, 7) is 2.38. The van der Waals surface area contributed by atoms with E-state index in [2.05, 4.69) is 25.6 Å². The van der Waals surface area contributed by atoms with Crippen molar-refractivity contribution in [2.45, 2.75) is 6.92 Å². The van der Waals surface area contributed by atoms with Crippen LogP contribution in [0.5, 0.6) is 5.88 Å². The number of aromatic amines is 1. The molecule has 0 amide bonds. The van der Waals surface area contributed by atoms with Crippen LogP contribution < -0.4 is 10.5 Å². The Morgan fingerprint density at radius 2 is 2.18 bits per heavy atom. The van der Waals surface area contributed by atoms with Gasteiger partial charge in [0.15, 0.2) is 5.82 Å². The number of hydrogen-bond donors (Lipinski definition) is 2. The van der Waals surface area contributed by atoms with Gasteiger partial charge in [-0.05, 0) is 35.5 Å². The highest BCUT2D eigenvalue weighted by molar-refractivity contribution is 5.82. The average molecular weight is 300 g/mol. The summed E-state index contributed by atoms with van der Waals surface area (Å²) in [6, 6.07) is 6.26. The smallest absolute Gasteiger partial charge is 0.213 e. The Morgan fingerprint density at radius 1 is 1.32 bits per heavy atom. The molecule has 2 aromatic heterocycles. The first-order valence-electron chi connectivity index (χ1n) is 6.61. The molecule has 2 heterocycles. The molecule has 0 aliphatic carbocycles. The van der Waals surface area contributed by atoms with Gasteiger partial charge in [0.1, 0.15) is 5.82 Å². The summed E-state index contributed by atoms with van der Waals surface area (Å²) < 4.78 is 19.7. The van der Waals surface area contributed by atoms with E-state index in [4.69, 9.17) is 10.5 Å². The fourth-order valence-electron chi connectivity index (χ4n) is 2.14. The van der Waals surface area contributed by atoms with Crippen molar-refractivity contribution in [2.24, 2.45) is 0 Å². The molecule has 3 aromatic rings. The predicted octanol–water partition coefficient (Wildman–Crippen LogP) is 2.05. The van der Waals surface area contributed by atoms with E-state index in [-0.39, 0.29) is 5.69 Å². The van der Waals surface area contributed by atoms with E-state index in [9.17, 15) is 4.39 Å². The van der Waals surface area contributed by atoms with Gasteiger partial charge in [-0.2, -0.15) is 0 Å². The van der Waals surface area contributed by atoms with E-state index in [1.807, 2.05) is 6.92 Å². The summed E-state index contributed by atoms with van der Waals surface area (Å²) in [5.74, 6) is 0.331.